The molecule has 2 aromatic carbocycles. The molecule has 0 radical (unpaired) electrons. The van der Waals surface area contributed by atoms with Gasteiger partial charge in [0.25, 0.3) is 0 Å². The van der Waals surface area contributed by atoms with Crippen LogP contribution in [0, 0.1) is 19.9 Å². The molecule has 0 aliphatic heterocycles. The van der Waals surface area contributed by atoms with Crippen molar-refractivity contribution in [1.82, 2.24) is 0 Å². The number of allylic oxidation sites excluding steroid dienone is 4. The molecule has 4 heteroatoms. The predicted octanol–water partition coefficient (Wildman–Crippen LogP) is -0.323. The fraction of sp³-hybridized carbons (Fsp3) is 0.273. The van der Waals surface area contributed by atoms with Crippen LogP contribution in [0.15, 0.2) is 48.6 Å². The van der Waals surface area contributed by atoms with Gasteiger partial charge in [0.15, 0.2) is 0 Å². The first-order chi connectivity index (χ1) is 11.5. The van der Waals surface area contributed by atoms with E-state index in [9.17, 15) is 0 Å². The summed E-state index contributed by atoms with van der Waals surface area (Å²) in [5, 5.41) is 0. The maximum absolute atomic E-state index is 3.72. The van der Waals surface area contributed by atoms with Crippen LogP contribution in [0.25, 0.3) is 11.1 Å². The molecular formula is C22H23Cl2SiZr-. The first-order valence-corrected chi connectivity index (χ1v) is 14.7. The third-order valence-corrected chi connectivity index (χ3v) is 4.66. The van der Waals surface area contributed by atoms with E-state index in [2.05, 4.69) is 81.6 Å². The Morgan fingerprint density at radius 1 is 1.00 bits per heavy atom. The van der Waals surface area contributed by atoms with Gasteiger partial charge in [-0.15, -0.1) is 22.3 Å². The Morgan fingerprint density at radius 3 is 2.19 bits per heavy atom. The van der Waals surface area contributed by atoms with E-state index >= 15 is 0 Å². The third kappa shape index (κ3) is 4.90. The van der Waals surface area contributed by atoms with E-state index in [1.807, 2.05) is 0 Å². The van der Waals surface area contributed by atoms with Crippen LogP contribution in [-0.4, -0.2) is 5.43 Å². The molecule has 0 nitrogen and oxygen atoms in total. The molecule has 0 atom stereocenters. The van der Waals surface area contributed by atoms with Crippen molar-refractivity contribution in [2.24, 2.45) is 0 Å². The first kappa shape index (κ1) is 23.6. The summed E-state index contributed by atoms with van der Waals surface area (Å²) in [7, 11) is 0. The number of benzene rings is 2. The smallest absolute Gasteiger partial charge is 0.00191 e. The predicted molar refractivity (Wildman–Crippen MR) is 101 cm³/mol. The van der Waals surface area contributed by atoms with Gasteiger partial charge in [0.1, 0.15) is 0 Å². The molecule has 0 N–H and O–H groups in total. The molecule has 0 spiro atoms. The zero-order chi connectivity index (χ0) is 17.3. The Bertz CT molecular complexity index is 853. The Hall–Kier alpha value is -0.400. The number of rotatable bonds is 1. The fourth-order valence-electron chi connectivity index (χ4n) is 3.50. The summed E-state index contributed by atoms with van der Waals surface area (Å²) in [6, 6.07) is 12.5. The molecule has 0 bridgehead atoms. The Morgan fingerprint density at radius 2 is 1.58 bits per heavy atom. The first-order valence-electron chi connectivity index (χ1n) is 8.49. The minimum Gasteiger partial charge on any atom is -1.00 e. The van der Waals surface area contributed by atoms with E-state index in [4.69, 9.17) is 0 Å². The van der Waals surface area contributed by atoms with Crippen LogP contribution in [0.2, 0.25) is 13.1 Å². The van der Waals surface area contributed by atoms with Gasteiger partial charge in [0.2, 0.25) is 0 Å². The maximum Gasteiger partial charge on any atom is -0.00191 e. The van der Waals surface area contributed by atoms with Crippen molar-refractivity contribution in [2.45, 2.75) is 39.3 Å². The summed E-state index contributed by atoms with van der Waals surface area (Å²) >= 11 is 1.74. The second-order valence-corrected chi connectivity index (χ2v) is 16.1. The van der Waals surface area contributed by atoms with E-state index in [0.717, 1.165) is 6.42 Å². The summed E-state index contributed by atoms with van der Waals surface area (Å²) in [5.74, 6) is 0.405. The largest absolute Gasteiger partial charge is 1.00 e. The van der Waals surface area contributed by atoms with Crippen LogP contribution in [0.5, 0.6) is 0 Å². The van der Waals surface area contributed by atoms with Crippen LogP contribution in [0.3, 0.4) is 0 Å². The number of halogens is 2. The van der Waals surface area contributed by atoms with E-state index in [0.29, 0.717) is 5.92 Å². The Labute approximate surface area is 185 Å². The number of hydrogen-bond acceptors (Lipinski definition) is 0. The SMILES string of the molecule is C[Si](C)=[Zr+2].Cc1c(C2C=CC=C2)[c-]c2c(c1C)-c1ccccc1C2.[Cl-].[Cl-]. The van der Waals surface area contributed by atoms with Crippen LogP contribution >= 0.6 is 0 Å². The fourth-order valence-corrected chi connectivity index (χ4v) is 3.50. The van der Waals surface area contributed by atoms with Crippen molar-refractivity contribution in [3.8, 4) is 11.1 Å². The molecule has 4 rings (SSSR count). The summed E-state index contributed by atoms with van der Waals surface area (Å²) in [6.07, 6.45) is 9.81. The van der Waals surface area contributed by atoms with Gasteiger partial charge in [0, 0.05) is 0 Å². The summed E-state index contributed by atoms with van der Waals surface area (Å²) in [6.45, 7) is 9.12. The zero-order valence-corrected chi connectivity index (χ0v) is 20.6. The standard InChI is InChI=1S/C20H17.C2H6Si.2ClH.Zr/c1-13-14(2)20-17(11-16-9-5-6-10-18(16)20)12-19(13)15-7-3-4-8-15;1-3-2;;;/h3-10,15H,11H2,1-2H3;1-2H3;2*1H;/q-1;;;;+2/p-2. The number of fused-ring (bicyclic) bond motifs is 3. The summed E-state index contributed by atoms with van der Waals surface area (Å²) in [4.78, 5) is 0. The van der Waals surface area contributed by atoms with Crippen LogP contribution in [0.4, 0.5) is 0 Å². The van der Waals surface area contributed by atoms with Gasteiger partial charge >= 0.3 is 41.9 Å². The summed E-state index contributed by atoms with van der Waals surface area (Å²) < 4.78 is 0. The molecule has 0 fully saturated rings. The topological polar surface area (TPSA) is 0 Å². The van der Waals surface area contributed by atoms with Gasteiger partial charge in [-0.05, 0) is 12.3 Å². The molecule has 2 aromatic rings. The molecule has 0 unspecified atom stereocenters. The normalized spacial score (nSPS) is 13.2. The van der Waals surface area contributed by atoms with Crippen molar-refractivity contribution in [3.63, 3.8) is 0 Å². The molecule has 2 aliphatic carbocycles. The van der Waals surface area contributed by atoms with Crippen molar-refractivity contribution in [1.29, 1.82) is 0 Å². The third-order valence-electron chi connectivity index (χ3n) is 4.66. The average Bonchev–Trinajstić information content (AvgIpc) is 3.17. The molecule has 2 aliphatic rings. The number of hydrogen-bond donors (Lipinski definition) is 0. The van der Waals surface area contributed by atoms with Crippen LogP contribution in [0.1, 0.15) is 33.7 Å². The zero-order valence-electron chi connectivity index (χ0n) is 15.7. The van der Waals surface area contributed by atoms with Crippen molar-refractivity contribution in [2.75, 3.05) is 0 Å². The minimum absolute atomic E-state index is 0. The molecule has 26 heavy (non-hydrogen) atoms. The van der Waals surface area contributed by atoms with E-state index in [-0.39, 0.29) is 30.2 Å². The van der Waals surface area contributed by atoms with Crippen molar-refractivity contribution >= 4 is 5.43 Å². The molecule has 0 saturated heterocycles. The molecule has 134 valence electrons. The summed E-state index contributed by atoms with van der Waals surface area (Å²) in [5.41, 5.74) is 10.0. The second kappa shape index (κ2) is 10.2. The van der Waals surface area contributed by atoms with Crippen molar-refractivity contribution < 1.29 is 48.1 Å². The van der Waals surface area contributed by atoms with E-state index in [1.54, 1.807) is 23.3 Å². The average molecular weight is 478 g/mol. The van der Waals surface area contributed by atoms with Gasteiger partial charge in [-0.3, -0.25) is 0 Å². The Kier molecular flexibility index (Phi) is 9.30. The van der Waals surface area contributed by atoms with Gasteiger partial charge in [-0.25, -0.2) is 0 Å². The van der Waals surface area contributed by atoms with E-state index < -0.39 is 0 Å². The molecule has 0 aromatic heterocycles. The van der Waals surface area contributed by atoms with Crippen LogP contribution < -0.4 is 24.8 Å². The molecule has 0 heterocycles. The monoisotopic (exact) mass is 475 g/mol. The van der Waals surface area contributed by atoms with Crippen LogP contribution in [-0.2, 0) is 29.8 Å². The quantitative estimate of drug-likeness (QED) is 0.333. The van der Waals surface area contributed by atoms with Gasteiger partial charge in [-0.1, -0.05) is 73.5 Å². The second-order valence-electron chi connectivity index (χ2n) is 6.77. The maximum atomic E-state index is 3.72. The van der Waals surface area contributed by atoms with E-state index in [1.165, 1.54) is 38.9 Å². The molecule has 0 saturated carbocycles. The van der Waals surface area contributed by atoms with Gasteiger partial charge < -0.3 is 24.8 Å². The van der Waals surface area contributed by atoms with Gasteiger partial charge in [0.05, 0.1) is 0 Å². The molecule has 0 amide bonds. The minimum atomic E-state index is 0. The Balaban J connectivity index is 0.000000516. The van der Waals surface area contributed by atoms with Crippen molar-refractivity contribution in [3.05, 3.63) is 82.5 Å². The van der Waals surface area contributed by atoms with Gasteiger partial charge in [-0.2, -0.15) is 11.6 Å². The molecular weight excluding hydrogens is 454 g/mol.